The van der Waals surface area contributed by atoms with Crippen LogP contribution >= 0.6 is 11.6 Å². The molecule has 0 bridgehead atoms. The molecule has 8 nitrogen and oxygen atoms in total. The number of methoxy groups -OCH3 is 1. The quantitative estimate of drug-likeness (QED) is 0.642. The molecule has 134 valence electrons. The summed E-state index contributed by atoms with van der Waals surface area (Å²) in [6.07, 6.45) is 0. The molecule has 0 saturated heterocycles. The first kappa shape index (κ1) is 18.8. The minimum absolute atomic E-state index is 0.0327. The number of carbonyl (C=O) groups excluding carboxylic acids is 2. The number of aryl methyl sites for hydroxylation is 1. The Kier molecular flexibility index (Phi) is 5.66. The van der Waals surface area contributed by atoms with Crippen LogP contribution in [0.4, 0.5) is 5.69 Å². The van der Waals surface area contributed by atoms with Gasteiger partial charge >= 0.3 is 11.9 Å². The van der Waals surface area contributed by atoms with E-state index >= 15 is 0 Å². The third-order valence-corrected chi connectivity index (χ3v) is 4.15. The molecule has 0 spiro atoms. The number of aromatic carboxylic acids is 1. The Hall–Kier alpha value is -2.58. The number of hydrogen-bond acceptors (Lipinski definition) is 6. The highest BCUT2D eigenvalue weighted by atomic mass is 35.5. The molecule has 0 saturated carbocycles. The molecular formula is C16H17ClN2O6. The molecule has 3 N–H and O–H groups in total. The molecule has 0 unspecified atom stereocenters. The second-order valence-electron chi connectivity index (χ2n) is 5.37. The molecule has 25 heavy (non-hydrogen) atoms. The van der Waals surface area contributed by atoms with Gasteiger partial charge in [0, 0.05) is 11.6 Å². The smallest absolute Gasteiger partial charge is 0.337 e. The van der Waals surface area contributed by atoms with Crippen molar-refractivity contribution in [3.8, 4) is 0 Å². The van der Waals surface area contributed by atoms with Crippen molar-refractivity contribution in [2.75, 3.05) is 32.1 Å². The van der Waals surface area contributed by atoms with Crippen molar-refractivity contribution in [3.05, 3.63) is 39.6 Å². The molecule has 1 amide bonds. The van der Waals surface area contributed by atoms with Crippen LogP contribution in [0, 0.1) is 6.92 Å². The Morgan fingerprint density at radius 3 is 2.64 bits per heavy atom. The van der Waals surface area contributed by atoms with Gasteiger partial charge in [-0.2, -0.15) is 0 Å². The van der Waals surface area contributed by atoms with Crippen LogP contribution in [-0.2, 0) is 14.3 Å². The van der Waals surface area contributed by atoms with Gasteiger partial charge in [0.2, 0.25) is 0 Å². The number of anilines is 1. The highest BCUT2D eigenvalue weighted by molar-refractivity contribution is 6.32. The van der Waals surface area contributed by atoms with Crippen molar-refractivity contribution >= 4 is 35.1 Å². The van der Waals surface area contributed by atoms with Crippen LogP contribution in [0.15, 0.2) is 23.4 Å². The number of aliphatic hydroxyl groups is 1. The summed E-state index contributed by atoms with van der Waals surface area (Å²) in [5.41, 5.74) is 0.508. The first-order valence-electron chi connectivity index (χ1n) is 7.32. The second-order valence-corrected chi connectivity index (χ2v) is 5.78. The first-order valence-corrected chi connectivity index (χ1v) is 7.70. The topological polar surface area (TPSA) is 116 Å². The molecule has 1 aromatic carbocycles. The highest BCUT2D eigenvalue weighted by Gasteiger charge is 2.35. The largest absolute Gasteiger partial charge is 0.478 e. The summed E-state index contributed by atoms with van der Waals surface area (Å²) in [6, 6.07) is 2.75. The van der Waals surface area contributed by atoms with E-state index in [1.165, 1.54) is 24.1 Å². The van der Waals surface area contributed by atoms with E-state index in [4.69, 9.17) is 16.7 Å². The van der Waals surface area contributed by atoms with Crippen LogP contribution in [0.1, 0.15) is 15.9 Å². The summed E-state index contributed by atoms with van der Waals surface area (Å²) in [5, 5.41) is 21.4. The maximum atomic E-state index is 12.5. The van der Waals surface area contributed by atoms with E-state index < -0.39 is 17.8 Å². The van der Waals surface area contributed by atoms with Crippen molar-refractivity contribution in [3.63, 3.8) is 0 Å². The maximum absolute atomic E-state index is 12.5. The van der Waals surface area contributed by atoms with Crippen molar-refractivity contribution in [1.82, 2.24) is 4.90 Å². The summed E-state index contributed by atoms with van der Waals surface area (Å²) in [7, 11) is 1.18. The Bertz CT molecular complexity index is 774. The number of esters is 1. The zero-order valence-corrected chi connectivity index (χ0v) is 14.4. The van der Waals surface area contributed by atoms with E-state index in [0.717, 1.165) is 0 Å². The number of nitrogens with zero attached hydrogens (tertiary/aromatic N) is 1. The molecule has 1 aromatic rings. The van der Waals surface area contributed by atoms with Crippen LogP contribution in [0.25, 0.3) is 0 Å². The van der Waals surface area contributed by atoms with Crippen molar-refractivity contribution in [1.29, 1.82) is 0 Å². The molecular weight excluding hydrogens is 352 g/mol. The zero-order chi connectivity index (χ0) is 18.7. The predicted molar refractivity (Wildman–Crippen MR) is 89.5 cm³/mol. The van der Waals surface area contributed by atoms with Gasteiger partial charge in [0.25, 0.3) is 5.91 Å². The number of carboxylic acids is 1. The van der Waals surface area contributed by atoms with Gasteiger partial charge in [0.05, 0.1) is 37.1 Å². The Morgan fingerprint density at radius 2 is 2.08 bits per heavy atom. The van der Waals surface area contributed by atoms with Crippen LogP contribution in [0.2, 0.25) is 5.02 Å². The van der Waals surface area contributed by atoms with Crippen LogP contribution in [-0.4, -0.2) is 59.8 Å². The SMILES string of the molecule is COC(=O)C1=C(Nc2cc(Cl)c(C)cc2C(=O)O)C(=O)N(CCO)C1. The molecule has 0 atom stereocenters. The van der Waals surface area contributed by atoms with Gasteiger partial charge in [-0.05, 0) is 24.6 Å². The van der Waals surface area contributed by atoms with Gasteiger partial charge in [0.15, 0.2) is 0 Å². The van der Waals surface area contributed by atoms with Crippen LogP contribution < -0.4 is 5.32 Å². The van der Waals surface area contributed by atoms with Crippen molar-refractivity contribution in [2.24, 2.45) is 0 Å². The number of amides is 1. The highest BCUT2D eigenvalue weighted by Crippen LogP contribution is 2.29. The minimum atomic E-state index is -1.21. The number of aliphatic hydroxyl groups excluding tert-OH is 1. The standard InChI is InChI=1S/C16H17ClN2O6/c1-8-5-9(15(22)23)12(6-11(8)17)18-13-10(16(24)25-2)7-19(3-4-20)14(13)21/h5-6,18,20H,3-4,7H2,1-2H3,(H,22,23). The lowest BCUT2D eigenvalue weighted by molar-refractivity contribution is -0.136. The van der Waals surface area contributed by atoms with E-state index in [0.29, 0.717) is 10.6 Å². The maximum Gasteiger partial charge on any atom is 0.337 e. The fraction of sp³-hybridized carbons (Fsp3) is 0.312. The van der Waals surface area contributed by atoms with Crippen LogP contribution in [0.3, 0.4) is 0 Å². The van der Waals surface area contributed by atoms with Crippen molar-refractivity contribution < 1.29 is 29.3 Å². The van der Waals surface area contributed by atoms with E-state index in [9.17, 15) is 19.5 Å². The zero-order valence-electron chi connectivity index (χ0n) is 13.6. The van der Waals surface area contributed by atoms with E-state index in [1.54, 1.807) is 6.92 Å². The summed E-state index contributed by atoms with van der Waals surface area (Å²) >= 11 is 6.05. The van der Waals surface area contributed by atoms with Gasteiger partial charge in [-0.1, -0.05) is 11.6 Å². The predicted octanol–water partition coefficient (Wildman–Crippen LogP) is 1.02. The summed E-state index contributed by atoms with van der Waals surface area (Å²) in [5.74, 6) is -2.46. The van der Waals surface area contributed by atoms with E-state index in [1.807, 2.05) is 0 Å². The van der Waals surface area contributed by atoms with E-state index in [2.05, 4.69) is 10.1 Å². The monoisotopic (exact) mass is 368 g/mol. The number of carbonyl (C=O) groups is 3. The number of halogens is 1. The van der Waals surface area contributed by atoms with Gasteiger partial charge in [-0.15, -0.1) is 0 Å². The average Bonchev–Trinajstić information content (AvgIpc) is 2.87. The first-order chi connectivity index (χ1) is 11.8. The minimum Gasteiger partial charge on any atom is -0.478 e. The molecule has 1 aliphatic rings. The summed E-state index contributed by atoms with van der Waals surface area (Å²) in [4.78, 5) is 37.1. The van der Waals surface area contributed by atoms with Gasteiger partial charge in [-0.3, -0.25) is 4.79 Å². The second kappa shape index (κ2) is 7.54. The van der Waals surface area contributed by atoms with Gasteiger partial charge < -0.3 is 25.2 Å². The van der Waals surface area contributed by atoms with Crippen molar-refractivity contribution in [2.45, 2.75) is 6.92 Å². The molecule has 0 fully saturated rings. The third kappa shape index (κ3) is 3.75. The fourth-order valence-corrected chi connectivity index (χ4v) is 2.61. The summed E-state index contributed by atoms with van der Waals surface area (Å²) in [6.45, 7) is 1.37. The molecule has 9 heteroatoms. The molecule has 0 radical (unpaired) electrons. The third-order valence-electron chi connectivity index (χ3n) is 3.74. The average molecular weight is 369 g/mol. The molecule has 1 heterocycles. The van der Waals surface area contributed by atoms with Gasteiger partial charge in [-0.25, -0.2) is 9.59 Å². The number of β-amino-alcohol motifs (C(OH)–C–C–N with tert-alkyl or cyclic N) is 1. The number of ether oxygens (including phenoxy) is 1. The lowest BCUT2D eigenvalue weighted by Gasteiger charge is -2.16. The molecule has 2 rings (SSSR count). The number of benzene rings is 1. The number of carboxylic acid groups (broad SMARTS) is 1. The molecule has 0 aliphatic carbocycles. The van der Waals surface area contributed by atoms with Gasteiger partial charge in [0.1, 0.15) is 5.70 Å². The summed E-state index contributed by atoms with van der Waals surface area (Å²) < 4.78 is 4.68. The number of nitrogens with one attached hydrogen (secondary N) is 1. The normalized spacial score (nSPS) is 14.1. The Morgan fingerprint density at radius 1 is 1.40 bits per heavy atom. The number of hydrogen-bond donors (Lipinski definition) is 3. The van der Waals surface area contributed by atoms with E-state index in [-0.39, 0.29) is 42.2 Å². The molecule has 1 aliphatic heterocycles. The lowest BCUT2D eigenvalue weighted by Crippen LogP contribution is -2.31. The van der Waals surface area contributed by atoms with Crippen LogP contribution in [0.5, 0.6) is 0 Å². The number of rotatable bonds is 6. The Labute approximate surface area is 148 Å². The Balaban J connectivity index is 2.48. The fourth-order valence-electron chi connectivity index (χ4n) is 2.45. The lowest BCUT2D eigenvalue weighted by atomic mass is 10.1. The molecule has 0 aromatic heterocycles.